The minimum absolute atomic E-state index is 0.0123. The number of piperidine rings is 1. The van der Waals surface area contributed by atoms with Crippen LogP contribution in [-0.4, -0.2) is 72.7 Å². The number of likely N-dealkylation sites (tertiary alicyclic amines) is 1. The molecule has 3 aliphatic rings. The lowest BCUT2D eigenvalue weighted by atomic mass is 9.76. The van der Waals surface area contributed by atoms with Gasteiger partial charge in [0.25, 0.3) is 0 Å². The predicted molar refractivity (Wildman–Crippen MR) is 102 cm³/mol. The number of ether oxygens (including phenoxy) is 2. The van der Waals surface area contributed by atoms with Crippen molar-refractivity contribution in [3.05, 3.63) is 17.5 Å². The van der Waals surface area contributed by atoms with Crippen molar-refractivity contribution in [2.75, 3.05) is 44.7 Å². The fraction of sp³-hybridized carbons (Fsp3) is 0.700. The zero-order chi connectivity index (χ0) is 19.7. The number of carbonyl (C=O) groups excluding carboxylic acids is 2. The Hall–Kier alpha value is -2.22. The number of aryl methyl sites for hydroxylation is 1. The Bertz CT molecular complexity index is 755. The molecule has 4 heterocycles. The van der Waals surface area contributed by atoms with Crippen LogP contribution in [0.15, 0.2) is 6.07 Å². The van der Waals surface area contributed by atoms with E-state index in [-0.39, 0.29) is 23.2 Å². The minimum Gasteiger partial charge on any atom is -0.464 e. The van der Waals surface area contributed by atoms with E-state index in [1.54, 1.807) is 6.07 Å². The van der Waals surface area contributed by atoms with E-state index in [4.69, 9.17) is 9.47 Å². The molecule has 0 N–H and O–H groups in total. The Morgan fingerprint density at radius 3 is 2.64 bits per heavy atom. The molecule has 1 aromatic heterocycles. The number of methoxy groups -OCH3 is 1. The monoisotopic (exact) mass is 388 g/mol. The summed E-state index contributed by atoms with van der Waals surface area (Å²) in [5, 5.41) is 0. The Kier molecular flexibility index (Phi) is 5.23. The van der Waals surface area contributed by atoms with Crippen LogP contribution in [0.2, 0.25) is 0 Å². The molecule has 3 saturated heterocycles. The summed E-state index contributed by atoms with van der Waals surface area (Å²) in [6.45, 7) is 6.27. The second kappa shape index (κ2) is 7.66. The first-order chi connectivity index (χ1) is 13.5. The molecule has 0 saturated carbocycles. The lowest BCUT2D eigenvalue weighted by molar-refractivity contribution is -0.150. The number of hydrogen-bond donors (Lipinski definition) is 0. The van der Waals surface area contributed by atoms with Gasteiger partial charge in [-0.3, -0.25) is 9.69 Å². The van der Waals surface area contributed by atoms with Crippen molar-refractivity contribution in [1.29, 1.82) is 0 Å². The molecular weight excluding hydrogens is 360 g/mol. The van der Waals surface area contributed by atoms with Gasteiger partial charge in [0, 0.05) is 31.7 Å². The fourth-order valence-corrected chi connectivity index (χ4v) is 4.64. The molecule has 1 aromatic rings. The summed E-state index contributed by atoms with van der Waals surface area (Å²) in [6.07, 6.45) is 4.76. The van der Waals surface area contributed by atoms with E-state index in [9.17, 15) is 9.59 Å². The highest BCUT2D eigenvalue weighted by Gasteiger charge is 2.50. The quantitative estimate of drug-likeness (QED) is 0.719. The van der Waals surface area contributed by atoms with E-state index in [1.165, 1.54) is 20.0 Å². The highest BCUT2D eigenvalue weighted by molar-refractivity contribution is 5.87. The van der Waals surface area contributed by atoms with Crippen LogP contribution in [0.1, 0.15) is 48.3 Å². The van der Waals surface area contributed by atoms with Gasteiger partial charge < -0.3 is 14.4 Å². The van der Waals surface area contributed by atoms with E-state index in [0.29, 0.717) is 19.0 Å². The second-order valence-electron chi connectivity index (χ2n) is 8.19. The Balaban J connectivity index is 1.41. The number of carbonyl (C=O) groups is 2. The highest BCUT2D eigenvalue weighted by atomic mass is 16.6. The second-order valence-corrected chi connectivity index (χ2v) is 8.19. The molecule has 0 bridgehead atoms. The maximum atomic E-state index is 12.7. The molecule has 4 rings (SSSR count). The molecule has 0 aromatic carbocycles. The summed E-state index contributed by atoms with van der Waals surface area (Å²) in [7, 11) is 1.34. The van der Waals surface area contributed by atoms with Crippen LogP contribution in [0, 0.1) is 12.3 Å². The van der Waals surface area contributed by atoms with Crippen LogP contribution >= 0.6 is 0 Å². The Morgan fingerprint density at radius 1 is 1.25 bits per heavy atom. The molecular formula is C20H28N4O4. The smallest absolute Gasteiger partial charge is 0.356 e. The largest absolute Gasteiger partial charge is 0.464 e. The molecule has 0 amide bonds. The standard InChI is InChI=1S/C20H28N4O4/c1-14-11-16(17(25)27-2)22-19(21-14)24-9-5-20(6-10-24)12-15(28-18(20)26)13-23-7-3-4-8-23/h11,15H,3-10,12-13H2,1-2H3. The number of esters is 2. The van der Waals surface area contributed by atoms with Crippen molar-refractivity contribution in [2.45, 2.75) is 45.1 Å². The molecule has 0 radical (unpaired) electrons. The van der Waals surface area contributed by atoms with Gasteiger partial charge in [0.05, 0.1) is 12.5 Å². The van der Waals surface area contributed by atoms with Crippen LogP contribution < -0.4 is 4.90 Å². The van der Waals surface area contributed by atoms with E-state index >= 15 is 0 Å². The number of hydrogen-bond acceptors (Lipinski definition) is 8. The normalized spacial score (nSPS) is 24.6. The number of cyclic esters (lactones) is 1. The van der Waals surface area contributed by atoms with Crippen molar-refractivity contribution in [2.24, 2.45) is 5.41 Å². The molecule has 3 aliphatic heterocycles. The van der Waals surface area contributed by atoms with Crippen molar-refractivity contribution >= 4 is 17.9 Å². The third-order valence-corrected chi connectivity index (χ3v) is 6.23. The maximum Gasteiger partial charge on any atom is 0.356 e. The first-order valence-corrected chi connectivity index (χ1v) is 10.1. The third-order valence-electron chi connectivity index (χ3n) is 6.23. The van der Waals surface area contributed by atoms with E-state index in [1.807, 2.05) is 11.8 Å². The van der Waals surface area contributed by atoms with Crippen LogP contribution in [0.4, 0.5) is 5.95 Å². The molecule has 1 spiro atoms. The lowest BCUT2D eigenvalue weighted by Crippen LogP contribution is -2.43. The van der Waals surface area contributed by atoms with Crippen molar-refractivity contribution in [3.8, 4) is 0 Å². The fourth-order valence-electron chi connectivity index (χ4n) is 4.64. The summed E-state index contributed by atoms with van der Waals surface area (Å²) in [5.74, 6) is 0.0105. The average Bonchev–Trinajstić information content (AvgIpc) is 3.30. The summed E-state index contributed by atoms with van der Waals surface area (Å²) in [5.41, 5.74) is 0.600. The van der Waals surface area contributed by atoms with Crippen LogP contribution in [0.25, 0.3) is 0 Å². The van der Waals surface area contributed by atoms with Crippen LogP contribution in [-0.2, 0) is 14.3 Å². The van der Waals surface area contributed by atoms with E-state index in [0.717, 1.165) is 44.6 Å². The molecule has 8 nitrogen and oxygen atoms in total. The molecule has 3 fully saturated rings. The summed E-state index contributed by atoms with van der Waals surface area (Å²) < 4.78 is 10.5. The predicted octanol–water partition coefficient (Wildman–Crippen LogP) is 1.57. The lowest BCUT2D eigenvalue weighted by Gasteiger charge is -2.36. The minimum atomic E-state index is -0.468. The zero-order valence-electron chi connectivity index (χ0n) is 16.6. The molecule has 152 valence electrons. The SMILES string of the molecule is COC(=O)c1cc(C)nc(N2CCC3(CC2)CC(CN2CCCC2)OC3=O)n1. The van der Waals surface area contributed by atoms with Crippen molar-refractivity contribution < 1.29 is 19.1 Å². The zero-order valence-corrected chi connectivity index (χ0v) is 16.6. The van der Waals surface area contributed by atoms with Gasteiger partial charge in [0.1, 0.15) is 6.10 Å². The summed E-state index contributed by atoms with van der Waals surface area (Å²) in [6, 6.07) is 1.62. The van der Waals surface area contributed by atoms with Crippen LogP contribution in [0.5, 0.6) is 0 Å². The molecule has 28 heavy (non-hydrogen) atoms. The molecule has 1 unspecified atom stereocenters. The summed E-state index contributed by atoms with van der Waals surface area (Å²) in [4.78, 5) is 37.8. The first-order valence-electron chi connectivity index (χ1n) is 10.1. The molecule has 8 heteroatoms. The van der Waals surface area contributed by atoms with E-state index < -0.39 is 5.97 Å². The molecule has 1 atom stereocenters. The van der Waals surface area contributed by atoms with Crippen molar-refractivity contribution in [1.82, 2.24) is 14.9 Å². The van der Waals surface area contributed by atoms with Crippen molar-refractivity contribution in [3.63, 3.8) is 0 Å². The van der Waals surface area contributed by atoms with Gasteiger partial charge in [-0.2, -0.15) is 0 Å². The number of nitrogens with zero attached hydrogens (tertiary/aromatic N) is 4. The highest BCUT2D eigenvalue weighted by Crippen LogP contribution is 2.43. The Morgan fingerprint density at radius 2 is 1.96 bits per heavy atom. The van der Waals surface area contributed by atoms with Gasteiger partial charge in [-0.15, -0.1) is 0 Å². The number of anilines is 1. The Labute approximate surface area is 165 Å². The van der Waals surface area contributed by atoms with Gasteiger partial charge in [0.2, 0.25) is 5.95 Å². The topological polar surface area (TPSA) is 84.9 Å². The van der Waals surface area contributed by atoms with Gasteiger partial charge in [-0.25, -0.2) is 14.8 Å². The summed E-state index contributed by atoms with van der Waals surface area (Å²) >= 11 is 0. The average molecular weight is 388 g/mol. The first kappa shape index (κ1) is 19.1. The van der Waals surface area contributed by atoms with Crippen LogP contribution in [0.3, 0.4) is 0 Å². The molecule has 0 aliphatic carbocycles. The van der Waals surface area contributed by atoms with E-state index in [2.05, 4.69) is 14.9 Å². The van der Waals surface area contributed by atoms with Gasteiger partial charge in [-0.05, 0) is 51.8 Å². The van der Waals surface area contributed by atoms with Gasteiger partial charge in [0.15, 0.2) is 5.69 Å². The van der Waals surface area contributed by atoms with Gasteiger partial charge in [-0.1, -0.05) is 0 Å². The number of rotatable bonds is 4. The maximum absolute atomic E-state index is 12.7. The van der Waals surface area contributed by atoms with Gasteiger partial charge >= 0.3 is 11.9 Å². The number of aromatic nitrogens is 2. The third kappa shape index (κ3) is 3.70.